The molecule has 0 bridgehead atoms. The Bertz CT molecular complexity index is 895. The predicted octanol–water partition coefficient (Wildman–Crippen LogP) is 3.26. The minimum absolute atomic E-state index is 0.0483. The summed E-state index contributed by atoms with van der Waals surface area (Å²) in [4.78, 5) is 23.0. The molecule has 0 fully saturated rings. The zero-order valence-electron chi connectivity index (χ0n) is 12.3. The zero-order chi connectivity index (χ0) is 16.2. The summed E-state index contributed by atoms with van der Waals surface area (Å²) >= 11 is 0. The van der Waals surface area contributed by atoms with Crippen molar-refractivity contribution in [2.75, 3.05) is 0 Å². The summed E-state index contributed by atoms with van der Waals surface area (Å²) in [6.07, 6.45) is 1.75. The number of benzene rings is 2. The van der Waals surface area contributed by atoms with E-state index in [4.69, 9.17) is 0 Å². The molecule has 114 valence electrons. The molecule has 1 N–H and O–H groups in total. The third-order valence-corrected chi connectivity index (χ3v) is 3.67. The van der Waals surface area contributed by atoms with Crippen LogP contribution in [0.15, 0.2) is 77.7 Å². The highest BCUT2D eigenvalue weighted by atomic mass is 16.4. The van der Waals surface area contributed by atoms with Gasteiger partial charge in [-0.1, -0.05) is 48.5 Å². The summed E-state index contributed by atoms with van der Waals surface area (Å²) in [5.74, 6) is -0.944. The average Bonchev–Trinajstić information content (AvgIpc) is 2.58. The van der Waals surface area contributed by atoms with Crippen LogP contribution in [0.4, 0.5) is 0 Å². The Labute approximate surface area is 133 Å². The molecule has 23 heavy (non-hydrogen) atoms. The Morgan fingerprint density at radius 1 is 0.913 bits per heavy atom. The van der Waals surface area contributed by atoms with Crippen LogP contribution in [0.1, 0.15) is 15.9 Å². The summed E-state index contributed by atoms with van der Waals surface area (Å²) in [6.45, 7) is 0.487. The molecule has 2 aromatic carbocycles. The Hall–Kier alpha value is -3.14. The van der Waals surface area contributed by atoms with Crippen LogP contribution in [0.3, 0.4) is 0 Å². The molecule has 0 unspecified atom stereocenters. The molecule has 0 amide bonds. The lowest BCUT2D eigenvalue weighted by atomic mass is 9.99. The van der Waals surface area contributed by atoms with E-state index in [0.29, 0.717) is 12.1 Å². The molecule has 0 saturated carbocycles. The van der Waals surface area contributed by atoms with Gasteiger partial charge in [-0.2, -0.15) is 0 Å². The first-order valence-corrected chi connectivity index (χ1v) is 7.22. The maximum atomic E-state index is 11.7. The van der Waals surface area contributed by atoms with Gasteiger partial charge in [-0.05, 0) is 28.8 Å². The Morgan fingerprint density at radius 2 is 1.61 bits per heavy atom. The fraction of sp³-hybridized carbons (Fsp3) is 0.0526. The highest BCUT2D eigenvalue weighted by Crippen LogP contribution is 2.24. The van der Waals surface area contributed by atoms with E-state index in [0.717, 1.165) is 11.1 Å². The molecule has 0 aliphatic heterocycles. The van der Waals surface area contributed by atoms with E-state index in [2.05, 4.69) is 0 Å². The van der Waals surface area contributed by atoms with Crippen molar-refractivity contribution < 1.29 is 9.90 Å². The van der Waals surface area contributed by atoms with Crippen molar-refractivity contribution in [3.63, 3.8) is 0 Å². The van der Waals surface area contributed by atoms with Crippen molar-refractivity contribution in [3.05, 3.63) is 94.4 Å². The fourth-order valence-corrected chi connectivity index (χ4v) is 2.50. The van der Waals surface area contributed by atoms with Gasteiger partial charge in [0.1, 0.15) is 0 Å². The molecule has 0 spiro atoms. The molecule has 0 aliphatic rings. The molecule has 0 atom stereocenters. The van der Waals surface area contributed by atoms with Crippen LogP contribution in [0.25, 0.3) is 11.1 Å². The Balaban J connectivity index is 1.90. The molecule has 3 rings (SSSR count). The number of carbonyl (C=O) groups is 1. The summed E-state index contributed by atoms with van der Waals surface area (Å²) in [7, 11) is 0. The summed E-state index contributed by atoms with van der Waals surface area (Å²) in [5, 5.41) is 9.27. The van der Waals surface area contributed by atoms with Crippen molar-refractivity contribution in [1.82, 2.24) is 4.57 Å². The van der Waals surface area contributed by atoms with Crippen LogP contribution < -0.4 is 5.56 Å². The molecule has 3 aromatic rings. The number of carboxylic acids is 1. The number of rotatable bonds is 4. The van der Waals surface area contributed by atoms with E-state index in [9.17, 15) is 14.7 Å². The minimum atomic E-state index is -0.944. The first-order valence-electron chi connectivity index (χ1n) is 7.22. The molecular weight excluding hydrogens is 290 g/mol. The Kier molecular flexibility index (Phi) is 4.06. The summed E-state index contributed by atoms with van der Waals surface area (Å²) in [5.41, 5.74) is 2.73. The summed E-state index contributed by atoms with van der Waals surface area (Å²) < 4.78 is 1.63. The van der Waals surface area contributed by atoms with Gasteiger partial charge in [-0.25, -0.2) is 4.79 Å². The second kappa shape index (κ2) is 6.32. The predicted molar refractivity (Wildman–Crippen MR) is 88.6 cm³/mol. The molecule has 0 radical (unpaired) electrons. The minimum Gasteiger partial charge on any atom is -0.478 e. The fourth-order valence-electron chi connectivity index (χ4n) is 2.50. The van der Waals surface area contributed by atoms with Crippen molar-refractivity contribution >= 4 is 5.97 Å². The first-order chi connectivity index (χ1) is 11.1. The average molecular weight is 305 g/mol. The highest BCUT2D eigenvalue weighted by molar-refractivity contribution is 5.95. The number of nitrogens with zero attached hydrogens (tertiary/aromatic N) is 1. The topological polar surface area (TPSA) is 59.3 Å². The van der Waals surface area contributed by atoms with E-state index < -0.39 is 5.97 Å². The van der Waals surface area contributed by atoms with Gasteiger partial charge < -0.3 is 9.67 Å². The lowest BCUT2D eigenvalue weighted by Crippen LogP contribution is -2.18. The number of aromatic nitrogens is 1. The van der Waals surface area contributed by atoms with Crippen LogP contribution in [-0.2, 0) is 6.54 Å². The number of hydrogen-bond acceptors (Lipinski definition) is 2. The van der Waals surface area contributed by atoms with Gasteiger partial charge >= 0.3 is 5.97 Å². The SMILES string of the molecule is O=C(O)c1ccccc1-c1ccc(Cn2ccccc2=O)cc1. The molecule has 1 aromatic heterocycles. The quantitative estimate of drug-likeness (QED) is 0.805. The van der Waals surface area contributed by atoms with E-state index in [-0.39, 0.29) is 11.1 Å². The van der Waals surface area contributed by atoms with E-state index >= 15 is 0 Å². The zero-order valence-corrected chi connectivity index (χ0v) is 12.3. The molecule has 1 heterocycles. The van der Waals surface area contributed by atoms with Gasteiger partial charge in [0.15, 0.2) is 0 Å². The lowest BCUT2D eigenvalue weighted by Gasteiger charge is -2.08. The highest BCUT2D eigenvalue weighted by Gasteiger charge is 2.10. The van der Waals surface area contributed by atoms with Crippen molar-refractivity contribution in [3.8, 4) is 11.1 Å². The first kappa shape index (κ1) is 14.8. The Morgan fingerprint density at radius 3 is 2.30 bits per heavy atom. The van der Waals surface area contributed by atoms with Crippen molar-refractivity contribution in [2.45, 2.75) is 6.54 Å². The normalized spacial score (nSPS) is 10.4. The van der Waals surface area contributed by atoms with Crippen LogP contribution in [0, 0.1) is 0 Å². The second-order valence-corrected chi connectivity index (χ2v) is 5.21. The smallest absolute Gasteiger partial charge is 0.336 e. The van der Waals surface area contributed by atoms with Gasteiger partial charge in [0, 0.05) is 12.3 Å². The van der Waals surface area contributed by atoms with Gasteiger partial charge in [0.2, 0.25) is 0 Å². The van der Waals surface area contributed by atoms with E-state index in [1.165, 1.54) is 6.07 Å². The largest absolute Gasteiger partial charge is 0.478 e. The van der Waals surface area contributed by atoms with Gasteiger partial charge in [-0.15, -0.1) is 0 Å². The number of pyridine rings is 1. The lowest BCUT2D eigenvalue weighted by molar-refractivity contribution is 0.0697. The van der Waals surface area contributed by atoms with Crippen LogP contribution in [0.5, 0.6) is 0 Å². The van der Waals surface area contributed by atoms with Crippen LogP contribution >= 0.6 is 0 Å². The third kappa shape index (κ3) is 3.21. The monoisotopic (exact) mass is 305 g/mol. The van der Waals surface area contributed by atoms with Crippen LogP contribution in [0.2, 0.25) is 0 Å². The number of hydrogen-bond donors (Lipinski definition) is 1. The molecular formula is C19H15NO3. The summed E-state index contributed by atoms with van der Waals surface area (Å²) in [6, 6.07) is 19.6. The molecule has 4 nitrogen and oxygen atoms in total. The molecule has 0 saturated heterocycles. The standard InChI is InChI=1S/C19H15NO3/c21-18-7-3-4-12-20(18)13-14-8-10-15(11-9-14)16-5-1-2-6-17(16)19(22)23/h1-12H,13H2,(H,22,23). The molecule has 4 heteroatoms. The van der Waals surface area contributed by atoms with Gasteiger partial charge in [-0.3, -0.25) is 4.79 Å². The van der Waals surface area contributed by atoms with E-state index in [1.807, 2.05) is 36.4 Å². The maximum absolute atomic E-state index is 11.7. The van der Waals surface area contributed by atoms with Gasteiger partial charge in [0.25, 0.3) is 5.56 Å². The van der Waals surface area contributed by atoms with Crippen LogP contribution in [-0.4, -0.2) is 15.6 Å². The van der Waals surface area contributed by atoms with Crippen molar-refractivity contribution in [2.24, 2.45) is 0 Å². The number of carboxylic acid groups (broad SMARTS) is 1. The van der Waals surface area contributed by atoms with E-state index in [1.54, 1.807) is 35.0 Å². The second-order valence-electron chi connectivity index (χ2n) is 5.21. The van der Waals surface area contributed by atoms with Crippen molar-refractivity contribution in [1.29, 1.82) is 0 Å². The number of aromatic carboxylic acids is 1. The third-order valence-electron chi connectivity index (χ3n) is 3.67. The van der Waals surface area contributed by atoms with Gasteiger partial charge in [0.05, 0.1) is 12.1 Å². The maximum Gasteiger partial charge on any atom is 0.336 e. The molecule has 0 aliphatic carbocycles.